The van der Waals surface area contributed by atoms with E-state index in [4.69, 9.17) is 12.2 Å². The molecule has 0 bridgehead atoms. The Labute approximate surface area is 72.4 Å². The lowest BCUT2D eigenvalue weighted by Crippen LogP contribution is -2.45. The fourth-order valence-corrected chi connectivity index (χ4v) is 1.46. The van der Waals surface area contributed by atoms with E-state index in [9.17, 15) is 5.11 Å². The van der Waals surface area contributed by atoms with Crippen molar-refractivity contribution in [3.8, 4) is 0 Å². The van der Waals surface area contributed by atoms with Crippen LogP contribution in [-0.2, 0) is 0 Å². The number of hydrogen-bond donors (Lipinski definition) is 2. The summed E-state index contributed by atoms with van der Waals surface area (Å²) in [5.74, 6) is 0. The largest absolute Gasteiger partial charge is 0.391 e. The molecular formula is C7H14N2OS. The number of piperidine rings is 1. The van der Waals surface area contributed by atoms with Crippen LogP contribution in [0.15, 0.2) is 0 Å². The zero-order valence-corrected chi connectivity index (χ0v) is 7.52. The van der Waals surface area contributed by atoms with Crippen LogP contribution in [0.25, 0.3) is 0 Å². The number of hydrogen-bond acceptors (Lipinski definition) is 2. The maximum absolute atomic E-state index is 9.29. The van der Waals surface area contributed by atoms with Gasteiger partial charge < -0.3 is 15.3 Å². The molecule has 4 heteroatoms. The summed E-state index contributed by atoms with van der Waals surface area (Å²) in [6.45, 7) is 1.65. The molecule has 1 unspecified atom stereocenters. The molecule has 1 atom stereocenters. The number of nitrogens with one attached hydrogen (secondary N) is 1. The van der Waals surface area contributed by atoms with Gasteiger partial charge in [-0.2, -0.15) is 0 Å². The van der Waals surface area contributed by atoms with Crippen molar-refractivity contribution >= 4 is 17.3 Å². The van der Waals surface area contributed by atoms with Crippen LogP contribution in [0, 0.1) is 0 Å². The molecule has 0 aromatic rings. The number of rotatable bonds is 0. The monoisotopic (exact) mass is 174 g/mol. The van der Waals surface area contributed by atoms with Crippen molar-refractivity contribution in [3.63, 3.8) is 0 Å². The highest BCUT2D eigenvalue weighted by Gasteiger charge is 2.18. The van der Waals surface area contributed by atoms with Gasteiger partial charge in [-0.05, 0) is 25.1 Å². The zero-order chi connectivity index (χ0) is 8.27. The van der Waals surface area contributed by atoms with E-state index < -0.39 is 0 Å². The highest BCUT2D eigenvalue weighted by Crippen LogP contribution is 2.09. The number of nitrogens with zero attached hydrogens (tertiary/aromatic N) is 1. The number of likely N-dealkylation sites (tertiary alicyclic amines) is 1. The summed E-state index contributed by atoms with van der Waals surface area (Å²) in [4.78, 5) is 2.00. The molecule has 64 valence electrons. The maximum Gasteiger partial charge on any atom is 0.168 e. The van der Waals surface area contributed by atoms with Crippen molar-refractivity contribution in [1.29, 1.82) is 0 Å². The third-order valence-electron chi connectivity index (χ3n) is 1.90. The van der Waals surface area contributed by atoms with Crippen molar-refractivity contribution in [2.45, 2.75) is 18.9 Å². The van der Waals surface area contributed by atoms with Crippen LogP contribution in [0.4, 0.5) is 0 Å². The van der Waals surface area contributed by atoms with Gasteiger partial charge in [0.15, 0.2) is 5.11 Å². The normalized spacial score (nSPS) is 24.9. The van der Waals surface area contributed by atoms with Crippen LogP contribution < -0.4 is 5.32 Å². The summed E-state index contributed by atoms with van der Waals surface area (Å²) in [5, 5.41) is 12.9. The van der Waals surface area contributed by atoms with Crippen LogP contribution in [0.2, 0.25) is 0 Å². The Morgan fingerprint density at radius 1 is 1.73 bits per heavy atom. The van der Waals surface area contributed by atoms with Crippen LogP contribution in [-0.4, -0.2) is 41.4 Å². The summed E-state index contributed by atoms with van der Waals surface area (Å²) in [5.41, 5.74) is 0. The first kappa shape index (κ1) is 8.74. The molecule has 0 radical (unpaired) electrons. The molecule has 1 heterocycles. The van der Waals surface area contributed by atoms with E-state index in [1.165, 1.54) is 0 Å². The topological polar surface area (TPSA) is 35.5 Å². The van der Waals surface area contributed by atoms with E-state index in [-0.39, 0.29) is 6.10 Å². The SMILES string of the molecule is CNC(=S)N1CCCC(O)C1. The van der Waals surface area contributed by atoms with E-state index in [1.54, 1.807) is 0 Å². The fraction of sp³-hybridized carbons (Fsp3) is 0.857. The molecule has 1 saturated heterocycles. The molecule has 1 aliphatic rings. The average molecular weight is 174 g/mol. The van der Waals surface area contributed by atoms with E-state index >= 15 is 0 Å². The number of aliphatic hydroxyl groups is 1. The molecule has 0 saturated carbocycles. The Bertz CT molecular complexity index is 151. The highest BCUT2D eigenvalue weighted by molar-refractivity contribution is 7.80. The molecule has 11 heavy (non-hydrogen) atoms. The third-order valence-corrected chi connectivity index (χ3v) is 2.36. The van der Waals surface area contributed by atoms with E-state index in [1.807, 2.05) is 11.9 Å². The molecule has 0 aromatic carbocycles. The van der Waals surface area contributed by atoms with Crippen molar-refractivity contribution in [2.75, 3.05) is 20.1 Å². The second-order valence-electron chi connectivity index (χ2n) is 2.80. The Morgan fingerprint density at radius 3 is 3.00 bits per heavy atom. The van der Waals surface area contributed by atoms with E-state index in [0.29, 0.717) is 6.54 Å². The molecule has 3 nitrogen and oxygen atoms in total. The molecule has 1 rings (SSSR count). The molecular weight excluding hydrogens is 160 g/mol. The Balaban J connectivity index is 2.39. The van der Waals surface area contributed by atoms with Gasteiger partial charge in [0.1, 0.15) is 0 Å². The van der Waals surface area contributed by atoms with Gasteiger partial charge in [0.05, 0.1) is 6.10 Å². The summed E-state index contributed by atoms with van der Waals surface area (Å²) in [6.07, 6.45) is 1.74. The fourth-order valence-electron chi connectivity index (χ4n) is 1.30. The van der Waals surface area contributed by atoms with Crippen molar-refractivity contribution in [1.82, 2.24) is 10.2 Å². The predicted molar refractivity (Wildman–Crippen MR) is 48.5 cm³/mol. The second-order valence-corrected chi connectivity index (χ2v) is 3.18. The van der Waals surface area contributed by atoms with Gasteiger partial charge in [-0.3, -0.25) is 0 Å². The minimum atomic E-state index is -0.199. The summed E-state index contributed by atoms with van der Waals surface area (Å²) < 4.78 is 0. The van der Waals surface area contributed by atoms with Gasteiger partial charge in [0.2, 0.25) is 0 Å². The first-order valence-electron chi connectivity index (χ1n) is 3.88. The number of thiocarbonyl (C=S) groups is 1. The van der Waals surface area contributed by atoms with Gasteiger partial charge in [-0.1, -0.05) is 0 Å². The lowest BCUT2D eigenvalue weighted by molar-refractivity contribution is 0.103. The Hall–Kier alpha value is -0.350. The smallest absolute Gasteiger partial charge is 0.168 e. The second kappa shape index (κ2) is 3.88. The average Bonchev–Trinajstić information content (AvgIpc) is 2.03. The lowest BCUT2D eigenvalue weighted by atomic mass is 10.1. The zero-order valence-electron chi connectivity index (χ0n) is 6.71. The van der Waals surface area contributed by atoms with E-state index in [2.05, 4.69) is 5.32 Å². The predicted octanol–water partition coefficient (Wildman–Crippen LogP) is -0.0526. The molecule has 0 spiro atoms. The van der Waals surface area contributed by atoms with Crippen LogP contribution in [0.1, 0.15) is 12.8 Å². The van der Waals surface area contributed by atoms with Gasteiger partial charge >= 0.3 is 0 Å². The van der Waals surface area contributed by atoms with Crippen LogP contribution in [0.5, 0.6) is 0 Å². The highest BCUT2D eigenvalue weighted by atomic mass is 32.1. The Morgan fingerprint density at radius 2 is 2.45 bits per heavy atom. The van der Waals surface area contributed by atoms with Gasteiger partial charge in [0, 0.05) is 20.1 Å². The molecule has 1 fully saturated rings. The standard InChI is InChI=1S/C7H14N2OS/c1-8-7(11)9-4-2-3-6(10)5-9/h6,10H,2-5H2,1H3,(H,8,11). The number of aliphatic hydroxyl groups excluding tert-OH is 1. The van der Waals surface area contributed by atoms with Gasteiger partial charge in [-0.25, -0.2) is 0 Å². The lowest BCUT2D eigenvalue weighted by Gasteiger charge is -2.31. The van der Waals surface area contributed by atoms with Crippen LogP contribution in [0.3, 0.4) is 0 Å². The first-order chi connectivity index (χ1) is 5.24. The van der Waals surface area contributed by atoms with Crippen molar-refractivity contribution in [3.05, 3.63) is 0 Å². The third kappa shape index (κ3) is 2.31. The summed E-state index contributed by atoms with van der Waals surface area (Å²) in [6, 6.07) is 0. The molecule has 0 aliphatic carbocycles. The Kier molecular flexibility index (Phi) is 3.08. The molecule has 0 amide bonds. The minimum absolute atomic E-state index is 0.199. The summed E-state index contributed by atoms with van der Waals surface area (Å²) in [7, 11) is 1.81. The van der Waals surface area contributed by atoms with Crippen LogP contribution >= 0.6 is 12.2 Å². The molecule has 1 aliphatic heterocycles. The quantitative estimate of drug-likeness (QED) is 0.505. The maximum atomic E-state index is 9.29. The van der Waals surface area contributed by atoms with Gasteiger partial charge in [-0.15, -0.1) is 0 Å². The summed E-state index contributed by atoms with van der Waals surface area (Å²) >= 11 is 5.03. The van der Waals surface area contributed by atoms with Gasteiger partial charge in [0.25, 0.3) is 0 Å². The van der Waals surface area contributed by atoms with Crippen molar-refractivity contribution < 1.29 is 5.11 Å². The first-order valence-corrected chi connectivity index (χ1v) is 4.29. The van der Waals surface area contributed by atoms with Crippen molar-refractivity contribution in [2.24, 2.45) is 0 Å². The molecule has 2 N–H and O–H groups in total. The minimum Gasteiger partial charge on any atom is -0.391 e. The number of β-amino-alcohol motifs (C(OH)–C–C–N with tert-alkyl or cyclic N) is 1. The van der Waals surface area contributed by atoms with E-state index in [0.717, 1.165) is 24.5 Å². The molecule has 0 aromatic heterocycles.